The Morgan fingerprint density at radius 2 is 1.38 bits per heavy atom. The number of carbonyl (C=O) groups is 1. The summed E-state index contributed by atoms with van der Waals surface area (Å²) < 4.78 is 0. The molecule has 3 nitrogen and oxygen atoms in total. The van der Waals surface area contributed by atoms with Gasteiger partial charge in [-0.3, -0.25) is 4.79 Å². The van der Waals surface area contributed by atoms with Crippen LogP contribution in [0.15, 0.2) is 0 Å². The standard InChI is InChI=1S/C18H36N2O/c1-16(2)14-20-18(21)15-19-17-12-10-8-6-4-3-5-7-9-11-13-17/h16-17,19H,3-15H2,1-2H3,(H,20,21). The molecule has 1 aliphatic carbocycles. The highest BCUT2D eigenvalue weighted by molar-refractivity contribution is 5.77. The zero-order valence-corrected chi connectivity index (χ0v) is 14.3. The van der Waals surface area contributed by atoms with E-state index in [1.165, 1.54) is 70.6 Å². The maximum atomic E-state index is 11.8. The van der Waals surface area contributed by atoms with Gasteiger partial charge in [0.15, 0.2) is 0 Å². The smallest absolute Gasteiger partial charge is 0.233 e. The second kappa shape index (κ2) is 12.0. The summed E-state index contributed by atoms with van der Waals surface area (Å²) in [6.07, 6.45) is 14.8. The van der Waals surface area contributed by atoms with Crippen LogP contribution in [0.25, 0.3) is 0 Å². The first kappa shape index (κ1) is 18.5. The summed E-state index contributed by atoms with van der Waals surface area (Å²) in [6, 6.07) is 0.536. The summed E-state index contributed by atoms with van der Waals surface area (Å²) >= 11 is 0. The molecule has 21 heavy (non-hydrogen) atoms. The quantitative estimate of drug-likeness (QED) is 0.804. The van der Waals surface area contributed by atoms with Gasteiger partial charge < -0.3 is 10.6 Å². The fourth-order valence-electron chi connectivity index (χ4n) is 2.98. The molecule has 0 atom stereocenters. The van der Waals surface area contributed by atoms with Gasteiger partial charge in [-0.2, -0.15) is 0 Å². The van der Waals surface area contributed by atoms with E-state index in [0.717, 1.165) is 6.54 Å². The zero-order chi connectivity index (χ0) is 15.3. The first-order valence-corrected chi connectivity index (χ1v) is 9.18. The van der Waals surface area contributed by atoms with E-state index < -0.39 is 0 Å². The number of nitrogens with one attached hydrogen (secondary N) is 2. The maximum absolute atomic E-state index is 11.8. The molecule has 0 spiro atoms. The Balaban J connectivity index is 2.22. The minimum absolute atomic E-state index is 0.148. The van der Waals surface area contributed by atoms with Crippen LogP contribution in [0.3, 0.4) is 0 Å². The minimum Gasteiger partial charge on any atom is -0.355 e. The molecule has 1 rings (SSSR count). The first-order valence-electron chi connectivity index (χ1n) is 9.18. The molecule has 2 N–H and O–H groups in total. The van der Waals surface area contributed by atoms with E-state index in [4.69, 9.17) is 0 Å². The number of rotatable bonds is 5. The Morgan fingerprint density at radius 1 is 0.905 bits per heavy atom. The molecule has 0 heterocycles. The summed E-state index contributed by atoms with van der Waals surface area (Å²) in [7, 11) is 0. The van der Waals surface area contributed by atoms with Crippen molar-refractivity contribution in [3.63, 3.8) is 0 Å². The van der Waals surface area contributed by atoms with Gasteiger partial charge >= 0.3 is 0 Å². The van der Waals surface area contributed by atoms with Crippen molar-refractivity contribution < 1.29 is 4.79 Å². The van der Waals surface area contributed by atoms with Gasteiger partial charge in [0, 0.05) is 12.6 Å². The van der Waals surface area contributed by atoms with E-state index >= 15 is 0 Å². The Labute approximate surface area is 131 Å². The lowest BCUT2D eigenvalue weighted by Gasteiger charge is -2.19. The number of hydrogen-bond acceptors (Lipinski definition) is 2. The second-order valence-corrected chi connectivity index (χ2v) is 7.04. The lowest BCUT2D eigenvalue weighted by Crippen LogP contribution is -2.40. The molecule has 0 bridgehead atoms. The lowest BCUT2D eigenvalue weighted by atomic mass is 9.98. The number of amides is 1. The van der Waals surface area contributed by atoms with Crippen molar-refractivity contribution in [2.24, 2.45) is 5.92 Å². The van der Waals surface area contributed by atoms with Crippen LogP contribution >= 0.6 is 0 Å². The molecule has 0 aromatic rings. The third kappa shape index (κ3) is 10.8. The van der Waals surface area contributed by atoms with Gasteiger partial charge in [0.1, 0.15) is 0 Å². The van der Waals surface area contributed by atoms with Crippen LogP contribution in [0.1, 0.15) is 84.5 Å². The molecule has 1 fully saturated rings. The van der Waals surface area contributed by atoms with E-state index in [9.17, 15) is 4.79 Å². The summed E-state index contributed by atoms with van der Waals surface area (Å²) in [5.41, 5.74) is 0. The molecule has 0 saturated heterocycles. The maximum Gasteiger partial charge on any atom is 0.233 e. The third-order valence-electron chi connectivity index (χ3n) is 4.36. The molecular weight excluding hydrogens is 260 g/mol. The van der Waals surface area contributed by atoms with Crippen LogP contribution in [-0.2, 0) is 4.79 Å². The largest absolute Gasteiger partial charge is 0.355 e. The van der Waals surface area contributed by atoms with Gasteiger partial charge in [-0.1, -0.05) is 71.6 Å². The SMILES string of the molecule is CC(C)CNC(=O)CNC1CCCCCCCCCCC1. The van der Waals surface area contributed by atoms with Crippen LogP contribution in [0, 0.1) is 5.92 Å². The molecule has 1 amide bonds. The highest BCUT2D eigenvalue weighted by Crippen LogP contribution is 2.16. The monoisotopic (exact) mass is 296 g/mol. The van der Waals surface area contributed by atoms with Crippen molar-refractivity contribution in [1.82, 2.24) is 10.6 Å². The predicted molar refractivity (Wildman–Crippen MR) is 90.4 cm³/mol. The van der Waals surface area contributed by atoms with Crippen LogP contribution in [-0.4, -0.2) is 25.0 Å². The van der Waals surface area contributed by atoms with Gasteiger partial charge in [-0.15, -0.1) is 0 Å². The Morgan fingerprint density at radius 3 is 1.86 bits per heavy atom. The molecule has 0 aromatic carbocycles. The Bertz CT molecular complexity index is 254. The van der Waals surface area contributed by atoms with Crippen LogP contribution in [0.4, 0.5) is 0 Å². The highest BCUT2D eigenvalue weighted by Gasteiger charge is 2.11. The average molecular weight is 296 g/mol. The highest BCUT2D eigenvalue weighted by atomic mass is 16.1. The first-order chi connectivity index (χ1) is 10.2. The summed E-state index contributed by atoms with van der Waals surface area (Å²) in [5, 5.41) is 6.47. The summed E-state index contributed by atoms with van der Waals surface area (Å²) in [6.45, 7) is 5.52. The van der Waals surface area contributed by atoms with Gasteiger partial charge in [0.05, 0.1) is 6.54 Å². The Hall–Kier alpha value is -0.570. The van der Waals surface area contributed by atoms with Gasteiger partial charge in [-0.25, -0.2) is 0 Å². The molecule has 3 heteroatoms. The average Bonchev–Trinajstić information content (AvgIpc) is 2.44. The fraction of sp³-hybridized carbons (Fsp3) is 0.944. The van der Waals surface area contributed by atoms with Crippen molar-refractivity contribution >= 4 is 5.91 Å². The van der Waals surface area contributed by atoms with Crippen molar-refractivity contribution in [2.45, 2.75) is 90.5 Å². The van der Waals surface area contributed by atoms with E-state index in [0.29, 0.717) is 18.5 Å². The van der Waals surface area contributed by atoms with E-state index in [-0.39, 0.29) is 5.91 Å². The van der Waals surface area contributed by atoms with Crippen LogP contribution in [0.2, 0.25) is 0 Å². The molecule has 0 unspecified atom stereocenters. The van der Waals surface area contributed by atoms with E-state index in [2.05, 4.69) is 24.5 Å². The van der Waals surface area contributed by atoms with E-state index in [1.807, 2.05) is 0 Å². The van der Waals surface area contributed by atoms with Crippen molar-refractivity contribution in [2.75, 3.05) is 13.1 Å². The predicted octanol–water partition coefficient (Wildman–Crippen LogP) is 4.02. The van der Waals surface area contributed by atoms with Crippen molar-refractivity contribution in [3.05, 3.63) is 0 Å². The van der Waals surface area contributed by atoms with Crippen molar-refractivity contribution in [1.29, 1.82) is 0 Å². The van der Waals surface area contributed by atoms with Gasteiger partial charge in [-0.05, 0) is 18.8 Å². The van der Waals surface area contributed by atoms with Gasteiger partial charge in [0.2, 0.25) is 5.91 Å². The fourth-order valence-corrected chi connectivity index (χ4v) is 2.98. The van der Waals surface area contributed by atoms with Gasteiger partial charge in [0.25, 0.3) is 0 Å². The number of carbonyl (C=O) groups excluding carboxylic acids is 1. The number of hydrogen-bond donors (Lipinski definition) is 2. The third-order valence-corrected chi connectivity index (χ3v) is 4.36. The normalized spacial score (nSPS) is 19.8. The van der Waals surface area contributed by atoms with Crippen LogP contribution in [0.5, 0.6) is 0 Å². The molecule has 1 aliphatic rings. The van der Waals surface area contributed by atoms with Crippen molar-refractivity contribution in [3.8, 4) is 0 Å². The minimum atomic E-state index is 0.148. The molecule has 124 valence electrons. The van der Waals surface area contributed by atoms with E-state index in [1.54, 1.807) is 0 Å². The zero-order valence-electron chi connectivity index (χ0n) is 14.3. The molecular formula is C18H36N2O. The molecule has 1 saturated carbocycles. The summed E-state index contributed by atoms with van der Waals surface area (Å²) in [4.78, 5) is 11.8. The second-order valence-electron chi connectivity index (χ2n) is 7.04. The lowest BCUT2D eigenvalue weighted by molar-refractivity contribution is -0.120. The molecule has 0 aromatic heterocycles. The topological polar surface area (TPSA) is 41.1 Å². The Kier molecular flexibility index (Phi) is 10.6. The molecule has 0 aliphatic heterocycles. The molecule has 0 radical (unpaired) electrons. The van der Waals surface area contributed by atoms with Crippen LogP contribution < -0.4 is 10.6 Å². The summed E-state index contributed by atoms with van der Waals surface area (Å²) in [5.74, 6) is 0.671.